The van der Waals surface area contributed by atoms with Gasteiger partial charge in [0.15, 0.2) is 18.9 Å². The minimum Gasteiger partial charge on any atom is -0.466 e. The molecule has 17 N–H and O–H groups in total. The van der Waals surface area contributed by atoms with E-state index in [9.17, 15) is 98.7 Å². The van der Waals surface area contributed by atoms with Gasteiger partial charge < -0.3 is 145 Å². The van der Waals surface area contributed by atoms with Gasteiger partial charge in [-0.15, -0.1) is 0 Å². The lowest BCUT2D eigenvalue weighted by molar-refractivity contribution is -0.282. The molecule has 0 radical (unpaired) electrons. The minimum absolute atomic E-state index is 0.000309. The molecule has 4 heterocycles. The number of esters is 1. The summed E-state index contributed by atoms with van der Waals surface area (Å²) in [6.07, 6.45) is -2.06. The van der Waals surface area contributed by atoms with Crippen LogP contribution >= 0.6 is 0 Å². The maximum atomic E-state index is 14.2. The number of unbranched alkanes of at least 4 members (excludes halogenated alkanes) is 11. The van der Waals surface area contributed by atoms with Crippen molar-refractivity contribution >= 4 is 65.3 Å². The van der Waals surface area contributed by atoms with E-state index in [4.69, 9.17) is 52.1 Å². The first-order valence-corrected chi connectivity index (χ1v) is 44.3. The van der Waals surface area contributed by atoms with Gasteiger partial charge in [0.1, 0.15) is 66.7 Å². The Balaban J connectivity index is 1.28. The van der Waals surface area contributed by atoms with Crippen molar-refractivity contribution in [2.75, 3.05) is 120 Å². The van der Waals surface area contributed by atoms with E-state index in [1.165, 1.54) is 13.8 Å². The third-order valence-electron chi connectivity index (χ3n) is 22.1. The van der Waals surface area contributed by atoms with Gasteiger partial charge in [0.2, 0.25) is 41.4 Å². The molecule has 4 saturated heterocycles. The van der Waals surface area contributed by atoms with Crippen molar-refractivity contribution in [3.8, 4) is 0 Å². The number of alkyl carbamates (subject to hydrolysis) is 2. The molecule has 4 aliphatic heterocycles. The number of aliphatic hydroxyl groups is 9. The first-order valence-electron chi connectivity index (χ1n) is 44.3. The van der Waals surface area contributed by atoms with E-state index < -0.39 is 153 Å². The van der Waals surface area contributed by atoms with Gasteiger partial charge in [0, 0.05) is 130 Å². The first kappa shape index (κ1) is 109. The van der Waals surface area contributed by atoms with E-state index in [1.54, 1.807) is 26.0 Å². The van der Waals surface area contributed by atoms with Crippen LogP contribution in [0.3, 0.4) is 0 Å². The number of hydrogen-bond donors (Lipinski definition) is 17. The number of likely N-dealkylation sites (tertiary alicyclic amines) is 1. The molecular weight excluding hydrogens is 1620 g/mol. The SMILES string of the molecule is COC[C@H]1C[C@H](OC)CN1C(=O)CCCCC(=O)CCC(=O)NC(CCCOC(=O)CCCCCCCNC(=O)CCCOC1OC(CO)C(O)C(O)C1NC(C)=O)(CCCOC(=O)NCCCCCCNC(=O)CCCOC1OC(CO)C(O)C(O)C1C)CCCOC(=O)NCCCCCCNC(=O)CCCOC1OC(CO)C(O)C(O)C1NC(C)=O. The van der Waals surface area contributed by atoms with Crippen molar-refractivity contribution in [3.63, 3.8) is 0 Å². The highest BCUT2D eigenvalue weighted by molar-refractivity contribution is 5.85. The molecule has 0 saturated carbocycles. The summed E-state index contributed by atoms with van der Waals surface area (Å²) < 4.78 is 61.6. The largest absolute Gasteiger partial charge is 0.466 e. The van der Waals surface area contributed by atoms with Crippen molar-refractivity contribution < 1.29 is 151 Å². The summed E-state index contributed by atoms with van der Waals surface area (Å²) in [5, 5.41) is 113. The van der Waals surface area contributed by atoms with Crippen LogP contribution in [0.15, 0.2) is 0 Å². The lowest BCUT2D eigenvalue weighted by atomic mass is 9.83. The summed E-state index contributed by atoms with van der Waals surface area (Å²) >= 11 is 0. The van der Waals surface area contributed by atoms with E-state index in [0.29, 0.717) is 110 Å². The summed E-state index contributed by atoms with van der Waals surface area (Å²) in [5.74, 6) is -3.17. The number of Topliss-reactive ketones (excluding diaryl/α,β-unsaturated/α-hetero) is 1. The first-order chi connectivity index (χ1) is 59.1. The van der Waals surface area contributed by atoms with Gasteiger partial charge in [0.05, 0.1) is 84.3 Å². The number of aliphatic hydroxyl groups excluding tert-OH is 9. The molecule has 0 spiro atoms. The number of rotatable bonds is 66. The molecule has 710 valence electrons. The minimum atomic E-state index is -1.46. The average molecular weight is 1770 g/mol. The maximum absolute atomic E-state index is 14.2. The second-order valence-electron chi connectivity index (χ2n) is 32.2. The predicted octanol–water partition coefficient (Wildman–Crippen LogP) is 0.512. The predicted molar refractivity (Wildman–Crippen MR) is 441 cm³/mol. The lowest BCUT2D eigenvalue weighted by Gasteiger charge is -2.42. The topological polar surface area (TPSA) is 571 Å². The molecule has 4 fully saturated rings. The Morgan fingerprint density at radius 1 is 0.407 bits per heavy atom. The Morgan fingerprint density at radius 3 is 1.23 bits per heavy atom. The molecule has 123 heavy (non-hydrogen) atoms. The molecule has 0 aliphatic carbocycles. The highest BCUT2D eigenvalue weighted by Crippen LogP contribution is 2.31. The summed E-state index contributed by atoms with van der Waals surface area (Å²) in [7, 11) is 3.19. The molecule has 40 heteroatoms. The Bertz CT molecular complexity index is 2940. The van der Waals surface area contributed by atoms with Gasteiger partial charge in [-0.3, -0.25) is 43.2 Å². The molecule has 0 aromatic heterocycles. The maximum Gasteiger partial charge on any atom is 0.407 e. The van der Waals surface area contributed by atoms with Crippen LogP contribution in [-0.2, 0) is 95.3 Å². The molecule has 4 rings (SSSR count). The molecule has 0 aromatic rings. The standard InChI is InChI=1S/C83H147N9O31/c1-55-72(105)73(106)61(51-93)121-78(55)116-43-21-28-64(99)85-39-17-9-11-19-41-87-81(111)119-47-25-36-83(91-67(102)34-33-59(98)27-14-15-31-68(103)92-50-60(114-5)49-58(92)54-113-4,35-24-46-115-69(104)32-13-7-6-8-16-38-84-65(100)29-22-44-117-79-70(89-56(2)96)76(109)74(107)62(52-94)122-79)37-26-48-120-82(112)88-42-20-12-10-18-40-86-66(101)30-23-45-118-80-71(90-57(3)97)77(110)75(108)63(53-95)123-80/h55,58,60-63,70-80,93-95,105-110H,6-54H2,1-5H3,(H,84,100)(H,85,99)(H,86,101)(H,87,111)(H,88,112)(H,89,96)(H,90,97)(H,91,102)/t55?,58-,60+,61?,62?,63?,70?,71?,72?,73?,74?,75?,76?,77?,78?,79?,80?,83?/m1/s1. The fourth-order valence-corrected chi connectivity index (χ4v) is 15.1. The van der Waals surface area contributed by atoms with Crippen LogP contribution in [-0.4, -0.2) is 339 Å². The van der Waals surface area contributed by atoms with Gasteiger partial charge >= 0.3 is 18.2 Å². The summed E-state index contributed by atoms with van der Waals surface area (Å²) in [6, 6.07) is -2.30. The number of ether oxygens (including phenoxy) is 11. The van der Waals surface area contributed by atoms with E-state index in [2.05, 4.69) is 42.5 Å². The molecule has 0 bridgehead atoms. The van der Waals surface area contributed by atoms with Gasteiger partial charge in [-0.2, -0.15) is 0 Å². The molecule has 4 aliphatic rings. The van der Waals surface area contributed by atoms with E-state index in [0.717, 1.165) is 44.9 Å². The number of hydrogen-bond acceptors (Lipinski definition) is 31. The lowest BCUT2D eigenvalue weighted by Crippen LogP contribution is -2.64. The Labute approximate surface area is 722 Å². The molecule has 40 nitrogen and oxygen atoms in total. The van der Waals surface area contributed by atoms with Gasteiger partial charge in [-0.05, 0) is 116 Å². The van der Waals surface area contributed by atoms with Crippen LogP contribution in [0.4, 0.5) is 9.59 Å². The van der Waals surface area contributed by atoms with Gasteiger partial charge in [-0.25, -0.2) is 9.59 Å². The van der Waals surface area contributed by atoms with Crippen molar-refractivity contribution in [2.45, 2.75) is 336 Å². The number of nitrogens with zero attached hydrogens (tertiary/aromatic N) is 1. The van der Waals surface area contributed by atoms with E-state index in [-0.39, 0.29) is 184 Å². The molecule has 16 unspecified atom stereocenters. The number of carbonyl (C=O) groups excluding carboxylic acids is 11. The number of methoxy groups -OCH3 is 2. The number of carbonyl (C=O) groups is 11. The van der Waals surface area contributed by atoms with Gasteiger partial charge in [0.25, 0.3) is 0 Å². The van der Waals surface area contributed by atoms with Crippen LogP contribution < -0.4 is 42.5 Å². The molecule has 9 amide bonds. The third-order valence-corrected chi connectivity index (χ3v) is 22.1. The zero-order valence-corrected chi connectivity index (χ0v) is 72.9. The zero-order chi connectivity index (χ0) is 90.3. The average Bonchev–Trinajstić information content (AvgIpc) is 1.61. The van der Waals surface area contributed by atoms with Crippen molar-refractivity contribution in [3.05, 3.63) is 0 Å². The van der Waals surface area contributed by atoms with E-state index >= 15 is 0 Å². The summed E-state index contributed by atoms with van der Waals surface area (Å²) in [6.45, 7) is 5.32. The molecule has 18 atom stereocenters. The van der Waals surface area contributed by atoms with Crippen LogP contribution in [0.2, 0.25) is 0 Å². The molecular formula is C83H147N9O31. The number of amides is 9. The number of ketones is 1. The van der Waals surface area contributed by atoms with Gasteiger partial charge in [-0.1, -0.05) is 51.9 Å². The normalized spacial score (nSPS) is 24.9. The van der Waals surface area contributed by atoms with Crippen LogP contribution in [0.1, 0.15) is 233 Å². The van der Waals surface area contributed by atoms with Crippen molar-refractivity contribution in [1.82, 2.24) is 47.4 Å². The van der Waals surface area contributed by atoms with Crippen molar-refractivity contribution in [1.29, 1.82) is 0 Å². The third kappa shape index (κ3) is 44.0. The van der Waals surface area contributed by atoms with Crippen molar-refractivity contribution in [2.24, 2.45) is 5.92 Å². The summed E-state index contributed by atoms with van der Waals surface area (Å²) in [5.41, 5.74) is -1.04. The monoisotopic (exact) mass is 1770 g/mol. The van der Waals surface area contributed by atoms with Crippen LogP contribution in [0.5, 0.6) is 0 Å². The summed E-state index contributed by atoms with van der Waals surface area (Å²) in [4.78, 5) is 143. The van der Waals surface area contributed by atoms with Crippen LogP contribution in [0, 0.1) is 5.92 Å². The van der Waals surface area contributed by atoms with E-state index in [1.807, 2.05) is 0 Å². The fraction of sp³-hybridized carbons (Fsp3) is 0.867. The second kappa shape index (κ2) is 63.3. The highest BCUT2D eigenvalue weighted by atomic mass is 16.7. The quantitative estimate of drug-likeness (QED) is 0.0224. The number of nitrogens with one attached hydrogen (secondary N) is 8. The fourth-order valence-electron chi connectivity index (χ4n) is 15.1. The van der Waals surface area contributed by atoms with Crippen LogP contribution in [0.25, 0.3) is 0 Å². The smallest absolute Gasteiger partial charge is 0.407 e. The second-order valence-corrected chi connectivity index (χ2v) is 32.2. The highest BCUT2D eigenvalue weighted by Gasteiger charge is 2.48. The Hall–Kier alpha value is -6.71. The Kier molecular flexibility index (Phi) is 55.9. The Morgan fingerprint density at radius 2 is 0.797 bits per heavy atom. The zero-order valence-electron chi connectivity index (χ0n) is 72.9. The molecule has 0 aromatic carbocycles.